The van der Waals surface area contributed by atoms with Gasteiger partial charge in [0.25, 0.3) is 10.1 Å². The highest BCUT2D eigenvalue weighted by Gasteiger charge is 2.50. The maximum absolute atomic E-state index is 13.0. The number of phenols is 2. The SMILES string of the molecule is O=S(=O)(O)C(c1ccccc1)(c1cc(O)cc(Cl)c1)c1cc(Cl)c(O)c(Cl)c1Cl. The Balaban J connectivity index is 2.62. The summed E-state index contributed by atoms with van der Waals surface area (Å²) in [6, 6.07) is 12.3. The van der Waals surface area contributed by atoms with E-state index in [0.717, 1.165) is 12.1 Å². The van der Waals surface area contributed by atoms with Crippen LogP contribution >= 0.6 is 46.4 Å². The Bertz CT molecular complexity index is 1180. The Labute approximate surface area is 186 Å². The van der Waals surface area contributed by atoms with Crippen molar-refractivity contribution in [1.29, 1.82) is 0 Å². The third kappa shape index (κ3) is 3.65. The number of benzene rings is 3. The van der Waals surface area contributed by atoms with Gasteiger partial charge in [0.05, 0.1) is 10.0 Å². The van der Waals surface area contributed by atoms with E-state index in [2.05, 4.69) is 0 Å². The quantitative estimate of drug-likeness (QED) is 0.239. The standard InChI is InChI=1S/C19H12Cl4O5S/c20-12-6-11(7-13(24)8-12)19(29(26,27)28,10-4-2-1-3-5-10)14-9-15(21)18(25)17(23)16(14)22/h1-9,24-25H,(H,26,27,28). The average Bonchev–Trinajstić information content (AvgIpc) is 2.63. The number of aromatic hydroxyl groups is 2. The van der Waals surface area contributed by atoms with Crippen molar-refractivity contribution in [2.24, 2.45) is 0 Å². The summed E-state index contributed by atoms with van der Waals surface area (Å²) in [6.07, 6.45) is 0. The Hall–Kier alpha value is -1.67. The van der Waals surface area contributed by atoms with Crippen LogP contribution in [0.3, 0.4) is 0 Å². The van der Waals surface area contributed by atoms with E-state index in [0.29, 0.717) is 0 Å². The van der Waals surface area contributed by atoms with Crippen LogP contribution in [0.2, 0.25) is 20.1 Å². The second-order valence-electron chi connectivity index (χ2n) is 6.10. The molecular formula is C19H12Cl4O5S. The molecule has 1 atom stereocenters. The Kier molecular flexibility index (Phi) is 5.98. The monoisotopic (exact) mass is 492 g/mol. The van der Waals surface area contributed by atoms with Crippen molar-refractivity contribution in [2.45, 2.75) is 4.75 Å². The second kappa shape index (κ2) is 7.87. The minimum absolute atomic E-state index is 0.0102. The minimum atomic E-state index is -5.04. The molecule has 0 radical (unpaired) electrons. The number of hydrogen-bond acceptors (Lipinski definition) is 4. The van der Waals surface area contributed by atoms with Crippen LogP contribution in [0.5, 0.6) is 11.5 Å². The molecule has 3 aromatic rings. The van der Waals surface area contributed by atoms with E-state index in [1.54, 1.807) is 18.2 Å². The van der Waals surface area contributed by atoms with Crippen LogP contribution in [-0.2, 0) is 14.9 Å². The fourth-order valence-electron chi connectivity index (χ4n) is 3.21. The first kappa shape index (κ1) is 22.0. The molecule has 3 rings (SSSR count). The van der Waals surface area contributed by atoms with E-state index in [1.165, 1.54) is 24.3 Å². The first-order valence-corrected chi connectivity index (χ1v) is 10.8. The molecule has 3 N–H and O–H groups in total. The van der Waals surface area contributed by atoms with Gasteiger partial charge in [-0.15, -0.1) is 0 Å². The van der Waals surface area contributed by atoms with Gasteiger partial charge in [-0.05, 0) is 35.4 Å². The van der Waals surface area contributed by atoms with Gasteiger partial charge in [-0.25, -0.2) is 0 Å². The van der Waals surface area contributed by atoms with Crippen molar-refractivity contribution >= 4 is 56.5 Å². The number of halogens is 4. The predicted octanol–water partition coefficient (Wildman–Crippen LogP) is 5.89. The lowest BCUT2D eigenvalue weighted by molar-refractivity contribution is 0.455. The van der Waals surface area contributed by atoms with Gasteiger partial charge in [0.2, 0.25) is 0 Å². The van der Waals surface area contributed by atoms with E-state index in [1.807, 2.05) is 0 Å². The van der Waals surface area contributed by atoms with Crippen LogP contribution in [0.1, 0.15) is 16.7 Å². The fraction of sp³-hybridized carbons (Fsp3) is 0.0526. The molecule has 29 heavy (non-hydrogen) atoms. The lowest BCUT2D eigenvalue weighted by atomic mass is 9.83. The highest BCUT2D eigenvalue weighted by Crippen LogP contribution is 2.51. The topological polar surface area (TPSA) is 94.8 Å². The van der Waals surface area contributed by atoms with E-state index >= 15 is 0 Å². The van der Waals surface area contributed by atoms with Crippen LogP contribution < -0.4 is 0 Å². The van der Waals surface area contributed by atoms with Crippen molar-refractivity contribution in [1.82, 2.24) is 0 Å². The summed E-state index contributed by atoms with van der Waals surface area (Å²) in [5, 5.41) is 19.0. The maximum atomic E-state index is 13.0. The largest absolute Gasteiger partial charge is 0.508 e. The molecule has 0 heterocycles. The van der Waals surface area contributed by atoms with Gasteiger partial charge in [0.1, 0.15) is 10.8 Å². The first-order chi connectivity index (χ1) is 13.5. The molecule has 0 saturated carbocycles. The molecule has 0 aliphatic carbocycles. The number of rotatable bonds is 4. The molecule has 0 aliphatic heterocycles. The van der Waals surface area contributed by atoms with Gasteiger partial charge in [0, 0.05) is 10.6 Å². The van der Waals surface area contributed by atoms with Gasteiger partial charge in [0.15, 0.2) is 10.5 Å². The molecule has 0 bridgehead atoms. The van der Waals surface area contributed by atoms with Crippen LogP contribution in [0.15, 0.2) is 54.6 Å². The third-order valence-corrected chi connectivity index (χ3v) is 7.20. The lowest BCUT2D eigenvalue weighted by Crippen LogP contribution is -2.38. The molecule has 10 heteroatoms. The van der Waals surface area contributed by atoms with E-state index in [4.69, 9.17) is 46.4 Å². The van der Waals surface area contributed by atoms with Crippen molar-refractivity contribution in [3.8, 4) is 11.5 Å². The fourth-order valence-corrected chi connectivity index (χ4v) is 5.52. The molecule has 0 amide bonds. The molecule has 3 aromatic carbocycles. The summed E-state index contributed by atoms with van der Waals surface area (Å²) in [7, 11) is -5.04. The van der Waals surface area contributed by atoms with Crippen molar-refractivity contribution in [3.05, 3.63) is 91.4 Å². The maximum Gasteiger partial charge on any atom is 0.283 e. The summed E-state index contributed by atoms with van der Waals surface area (Å²) < 4.78 is 34.0. The molecule has 0 spiro atoms. The Morgan fingerprint density at radius 2 is 1.41 bits per heavy atom. The zero-order valence-corrected chi connectivity index (χ0v) is 18.1. The van der Waals surface area contributed by atoms with Gasteiger partial charge in [-0.3, -0.25) is 4.55 Å². The van der Waals surface area contributed by atoms with Gasteiger partial charge >= 0.3 is 0 Å². The van der Waals surface area contributed by atoms with Crippen molar-refractivity contribution < 1.29 is 23.2 Å². The first-order valence-electron chi connectivity index (χ1n) is 7.89. The zero-order valence-electron chi connectivity index (χ0n) is 14.3. The van der Waals surface area contributed by atoms with Gasteiger partial charge in [-0.2, -0.15) is 8.42 Å². The summed E-state index contributed by atoms with van der Waals surface area (Å²) in [5.41, 5.74) is -0.276. The van der Waals surface area contributed by atoms with Crippen LogP contribution in [-0.4, -0.2) is 23.2 Å². The summed E-state index contributed by atoms with van der Waals surface area (Å²) >= 11 is 24.5. The molecule has 0 fully saturated rings. The molecule has 5 nitrogen and oxygen atoms in total. The number of phenolic OH excluding ortho intramolecular Hbond substituents is 2. The number of hydrogen-bond donors (Lipinski definition) is 3. The summed E-state index contributed by atoms with van der Waals surface area (Å²) in [6.45, 7) is 0. The second-order valence-corrected chi connectivity index (χ2v) is 9.26. The van der Waals surface area contributed by atoms with E-state index < -0.39 is 25.6 Å². The van der Waals surface area contributed by atoms with Crippen LogP contribution in [0.4, 0.5) is 0 Å². The lowest BCUT2D eigenvalue weighted by Gasteiger charge is -2.33. The molecular weight excluding hydrogens is 482 g/mol. The van der Waals surface area contributed by atoms with E-state index in [-0.39, 0.29) is 37.5 Å². The summed E-state index contributed by atoms with van der Waals surface area (Å²) in [5.74, 6) is -0.892. The molecule has 152 valence electrons. The average molecular weight is 494 g/mol. The minimum Gasteiger partial charge on any atom is -0.508 e. The van der Waals surface area contributed by atoms with Crippen LogP contribution in [0, 0.1) is 0 Å². The van der Waals surface area contributed by atoms with Gasteiger partial charge < -0.3 is 10.2 Å². The zero-order chi connectivity index (χ0) is 21.6. The van der Waals surface area contributed by atoms with Crippen molar-refractivity contribution in [3.63, 3.8) is 0 Å². The van der Waals surface area contributed by atoms with Crippen LogP contribution in [0.25, 0.3) is 0 Å². The smallest absolute Gasteiger partial charge is 0.283 e. The van der Waals surface area contributed by atoms with Crippen molar-refractivity contribution in [2.75, 3.05) is 0 Å². The molecule has 0 saturated heterocycles. The Morgan fingerprint density at radius 1 is 0.793 bits per heavy atom. The van der Waals surface area contributed by atoms with Gasteiger partial charge in [-0.1, -0.05) is 76.7 Å². The summed E-state index contributed by atoms with van der Waals surface area (Å²) in [4.78, 5) is 0. The highest BCUT2D eigenvalue weighted by molar-refractivity contribution is 7.87. The molecule has 1 unspecified atom stereocenters. The highest BCUT2D eigenvalue weighted by atomic mass is 35.5. The normalized spacial score (nSPS) is 13.8. The molecule has 0 aliphatic rings. The predicted molar refractivity (Wildman–Crippen MR) is 114 cm³/mol. The molecule has 0 aromatic heterocycles. The Morgan fingerprint density at radius 3 is 1.97 bits per heavy atom. The van der Waals surface area contributed by atoms with E-state index in [9.17, 15) is 23.2 Å². The third-order valence-electron chi connectivity index (χ3n) is 4.37.